The van der Waals surface area contributed by atoms with Gasteiger partial charge in [0.25, 0.3) is 5.91 Å². The van der Waals surface area contributed by atoms with Crippen molar-refractivity contribution in [3.05, 3.63) is 69.8 Å². The fraction of sp³-hybridized carbons (Fsp3) is 0.250. The lowest BCUT2D eigenvalue weighted by molar-refractivity contribution is 0.102. The molecular weight excluding hydrogens is 416 g/mol. The van der Waals surface area contributed by atoms with Crippen LogP contribution >= 0.6 is 24.0 Å². The summed E-state index contributed by atoms with van der Waals surface area (Å²) in [6.07, 6.45) is 1.12. The third-order valence-electron chi connectivity index (χ3n) is 4.82. The average molecular weight is 436 g/mol. The van der Waals surface area contributed by atoms with Crippen molar-refractivity contribution < 1.29 is 9.18 Å². The highest BCUT2D eigenvalue weighted by Crippen LogP contribution is 2.25. The van der Waals surface area contributed by atoms with Crippen LogP contribution < -0.4 is 10.6 Å². The van der Waals surface area contributed by atoms with Gasteiger partial charge in [0, 0.05) is 11.6 Å². The Morgan fingerprint density at radius 2 is 2.17 bits per heavy atom. The summed E-state index contributed by atoms with van der Waals surface area (Å²) >= 11 is 6.06. The molecule has 0 spiro atoms. The van der Waals surface area contributed by atoms with Gasteiger partial charge in [0.2, 0.25) is 0 Å². The van der Waals surface area contributed by atoms with E-state index in [9.17, 15) is 9.18 Å². The Bertz CT molecular complexity index is 1050. The standard InChI is InChI=1S/C20H19ClFN5O.ClH/c1-2-17-19(25-26-27(17)14-5-3-4-13(21)10-14)20(28)24-16-7-6-12-11-23-9-8-15(12)18(16)22;/h3-7,10,23H,2,8-9,11H2,1H3,(H,24,28);1H. The first kappa shape index (κ1) is 21.2. The summed E-state index contributed by atoms with van der Waals surface area (Å²) in [4.78, 5) is 12.8. The number of fused-ring (bicyclic) bond motifs is 1. The molecule has 0 atom stereocenters. The van der Waals surface area contributed by atoms with E-state index in [4.69, 9.17) is 11.6 Å². The van der Waals surface area contributed by atoms with Crippen LogP contribution in [0.3, 0.4) is 0 Å². The molecule has 1 aliphatic heterocycles. The molecule has 0 radical (unpaired) electrons. The Hall–Kier alpha value is -2.48. The molecule has 0 saturated carbocycles. The number of benzene rings is 2. The Morgan fingerprint density at radius 3 is 2.93 bits per heavy atom. The lowest BCUT2D eigenvalue weighted by Crippen LogP contribution is -2.25. The summed E-state index contributed by atoms with van der Waals surface area (Å²) in [6.45, 7) is 3.26. The van der Waals surface area contributed by atoms with Crippen molar-refractivity contribution in [2.45, 2.75) is 26.3 Å². The Balaban J connectivity index is 0.00000240. The monoisotopic (exact) mass is 435 g/mol. The quantitative estimate of drug-likeness (QED) is 0.650. The number of anilines is 1. The molecule has 0 fully saturated rings. The molecule has 9 heteroatoms. The molecule has 2 N–H and O–H groups in total. The Labute approximate surface area is 178 Å². The molecule has 1 aromatic heterocycles. The third-order valence-corrected chi connectivity index (χ3v) is 5.06. The Morgan fingerprint density at radius 1 is 1.34 bits per heavy atom. The van der Waals surface area contributed by atoms with Crippen LogP contribution in [0.15, 0.2) is 36.4 Å². The maximum absolute atomic E-state index is 14.8. The number of nitrogens with one attached hydrogen (secondary N) is 2. The van der Waals surface area contributed by atoms with Gasteiger partial charge in [-0.15, -0.1) is 17.5 Å². The van der Waals surface area contributed by atoms with E-state index in [0.29, 0.717) is 41.4 Å². The number of hydrogen-bond acceptors (Lipinski definition) is 4. The fourth-order valence-electron chi connectivity index (χ4n) is 3.42. The van der Waals surface area contributed by atoms with Crippen LogP contribution in [-0.4, -0.2) is 27.4 Å². The molecule has 0 saturated heterocycles. The van der Waals surface area contributed by atoms with Gasteiger partial charge in [-0.2, -0.15) is 0 Å². The topological polar surface area (TPSA) is 71.8 Å². The molecule has 1 aliphatic rings. The molecule has 29 heavy (non-hydrogen) atoms. The summed E-state index contributed by atoms with van der Waals surface area (Å²) in [7, 11) is 0. The minimum absolute atomic E-state index is 0. The van der Waals surface area contributed by atoms with Crippen LogP contribution in [-0.2, 0) is 19.4 Å². The molecule has 6 nitrogen and oxygen atoms in total. The maximum atomic E-state index is 14.8. The van der Waals surface area contributed by atoms with E-state index in [1.54, 1.807) is 28.9 Å². The van der Waals surface area contributed by atoms with Crippen LogP contribution in [0.5, 0.6) is 0 Å². The molecule has 2 aromatic carbocycles. The Kier molecular flexibility index (Phi) is 6.52. The average Bonchev–Trinajstić information content (AvgIpc) is 3.14. The first-order valence-corrected chi connectivity index (χ1v) is 9.49. The summed E-state index contributed by atoms with van der Waals surface area (Å²) in [5.41, 5.74) is 3.23. The van der Waals surface area contributed by atoms with Gasteiger partial charge in [-0.05, 0) is 54.8 Å². The van der Waals surface area contributed by atoms with Crippen molar-refractivity contribution in [1.29, 1.82) is 0 Å². The maximum Gasteiger partial charge on any atom is 0.278 e. The number of aromatic nitrogens is 3. The van der Waals surface area contributed by atoms with E-state index < -0.39 is 5.91 Å². The smallest absolute Gasteiger partial charge is 0.278 e. The van der Waals surface area contributed by atoms with E-state index in [-0.39, 0.29) is 29.6 Å². The number of amides is 1. The molecule has 0 unspecified atom stereocenters. The lowest BCUT2D eigenvalue weighted by atomic mass is 9.99. The number of rotatable bonds is 4. The summed E-state index contributed by atoms with van der Waals surface area (Å²) in [5, 5.41) is 14.6. The van der Waals surface area contributed by atoms with Crippen LogP contribution in [0.4, 0.5) is 10.1 Å². The second kappa shape index (κ2) is 8.90. The predicted octanol–water partition coefficient (Wildman–Crippen LogP) is 3.94. The van der Waals surface area contributed by atoms with Crippen molar-refractivity contribution in [2.75, 3.05) is 11.9 Å². The van der Waals surface area contributed by atoms with Gasteiger partial charge in [0.05, 0.1) is 17.1 Å². The first-order chi connectivity index (χ1) is 13.6. The van der Waals surface area contributed by atoms with Gasteiger partial charge < -0.3 is 10.6 Å². The largest absolute Gasteiger partial charge is 0.318 e. The molecule has 1 amide bonds. The number of halogens is 3. The van der Waals surface area contributed by atoms with Gasteiger partial charge >= 0.3 is 0 Å². The van der Waals surface area contributed by atoms with Crippen molar-refractivity contribution in [3.63, 3.8) is 0 Å². The predicted molar refractivity (Wildman–Crippen MR) is 113 cm³/mol. The summed E-state index contributed by atoms with van der Waals surface area (Å²) in [6, 6.07) is 10.6. The van der Waals surface area contributed by atoms with E-state index in [1.165, 1.54) is 0 Å². The lowest BCUT2D eigenvalue weighted by Gasteiger charge is -2.19. The van der Waals surface area contributed by atoms with Gasteiger partial charge in [-0.25, -0.2) is 9.07 Å². The van der Waals surface area contributed by atoms with Crippen molar-refractivity contribution >= 4 is 35.6 Å². The van der Waals surface area contributed by atoms with Gasteiger partial charge in [0.1, 0.15) is 5.82 Å². The van der Waals surface area contributed by atoms with Crippen LogP contribution in [0.1, 0.15) is 34.2 Å². The van der Waals surface area contributed by atoms with E-state index >= 15 is 0 Å². The molecule has 4 rings (SSSR count). The third kappa shape index (κ3) is 4.12. The van der Waals surface area contributed by atoms with E-state index in [2.05, 4.69) is 20.9 Å². The van der Waals surface area contributed by atoms with Crippen LogP contribution in [0, 0.1) is 5.82 Å². The van der Waals surface area contributed by atoms with Crippen molar-refractivity contribution in [1.82, 2.24) is 20.3 Å². The zero-order chi connectivity index (χ0) is 19.7. The number of hydrogen-bond donors (Lipinski definition) is 2. The molecular formula is C20H20Cl2FN5O. The molecule has 0 aliphatic carbocycles. The highest BCUT2D eigenvalue weighted by atomic mass is 35.5. The minimum atomic E-state index is -0.488. The van der Waals surface area contributed by atoms with Crippen molar-refractivity contribution in [3.8, 4) is 5.69 Å². The normalized spacial score (nSPS) is 12.8. The van der Waals surface area contributed by atoms with Gasteiger partial charge in [-0.1, -0.05) is 35.9 Å². The van der Waals surface area contributed by atoms with Gasteiger partial charge in [0.15, 0.2) is 5.69 Å². The zero-order valence-electron chi connectivity index (χ0n) is 15.7. The summed E-state index contributed by atoms with van der Waals surface area (Å²) in [5.74, 6) is -0.870. The van der Waals surface area contributed by atoms with Gasteiger partial charge in [-0.3, -0.25) is 4.79 Å². The van der Waals surface area contributed by atoms with Crippen LogP contribution in [0.25, 0.3) is 5.69 Å². The zero-order valence-corrected chi connectivity index (χ0v) is 17.3. The second-order valence-electron chi connectivity index (χ2n) is 6.58. The molecule has 3 aromatic rings. The highest BCUT2D eigenvalue weighted by Gasteiger charge is 2.22. The number of carbonyl (C=O) groups is 1. The highest BCUT2D eigenvalue weighted by molar-refractivity contribution is 6.30. The summed E-state index contributed by atoms with van der Waals surface area (Å²) < 4.78 is 16.4. The molecule has 0 bridgehead atoms. The van der Waals surface area contributed by atoms with Crippen molar-refractivity contribution in [2.24, 2.45) is 0 Å². The first-order valence-electron chi connectivity index (χ1n) is 9.11. The van der Waals surface area contributed by atoms with E-state index in [1.807, 2.05) is 19.1 Å². The SMILES string of the molecule is CCc1c(C(=O)Nc2ccc3c(c2F)CCNC3)nnn1-c1cccc(Cl)c1.Cl. The minimum Gasteiger partial charge on any atom is -0.318 e. The molecule has 2 heterocycles. The number of carbonyl (C=O) groups excluding carboxylic acids is 1. The van der Waals surface area contributed by atoms with Crippen LogP contribution in [0.2, 0.25) is 5.02 Å². The molecule has 152 valence electrons. The van der Waals surface area contributed by atoms with E-state index in [0.717, 1.165) is 12.1 Å². The number of nitrogens with zero attached hydrogens (tertiary/aromatic N) is 3. The fourth-order valence-corrected chi connectivity index (χ4v) is 3.61. The second-order valence-corrected chi connectivity index (χ2v) is 7.01.